The predicted octanol–water partition coefficient (Wildman–Crippen LogP) is 3.13. The van der Waals surface area contributed by atoms with Gasteiger partial charge in [-0.15, -0.1) is 6.58 Å². The Labute approximate surface area is 104 Å². The molecule has 0 fully saturated rings. The van der Waals surface area contributed by atoms with Gasteiger partial charge < -0.3 is 11.1 Å². The van der Waals surface area contributed by atoms with Gasteiger partial charge in [-0.3, -0.25) is 0 Å². The molecular weight excluding hydrogens is 212 g/mol. The highest BCUT2D eigenvalue weighted by Crippen LogP contribution is 2.29. The molecule has 17 heavy (non-hydrogen) atoms. The first-order valence-electron chi connectivity index (χ1n) is 6.57. The fourth-order valence-electron chi connectivity index (χ4n) is 2.45. The van der Waals surface area contributed by atoms with E-state index in [2.05, 4.69) is 18.0 Å². The lowest BCUT2D eigenvalue weighted by Crippen LogP contribution is -2.30. The normalized spacial score (nSPS) is 17.1. The number of hydrogen-bond acceptors (Lipinski definition) is 1. The van der Waals surface area contributed by atoms with Gasteiger partial charge in [-0.2, -0.15) is 0 Å². The maximum Gasteiger partial charge on any atom is 0.312 e. The van der Waals surface area contributed by atoms with Crippen LogP contribution >= 0.6 is 0 Å². The second-order valence-electron chi connectivity index (χ2n) is 4.68. The molecule has 0 heterocycles. The Balaban J connectivity index is 2.34. The molecule has 0 saturated carbocycles. The molecule has 0 aromatic heterocycles. The zero-order chi connectivity index (χ0) is 12.5. The third kappa shape index (κ3) is 5.57. The number of rotatable bonds is 7. The van der Waals surface area contributed by atoms with Crippen molar-refractivity contribution in [1.82, 2.24) is 5.32 Å². The molecule has 0 spiro atoms. The zero-order valence-corrected chi connectivity index (χ0v) is 10.6. The van der Waals surface area contributed by atoms with Crippen molar-refractivity contribution in [3.8, 4) is 0 Å². The predicted molar refractivity (Wildman–Crippen MR) is 71.7 cm³/mol. The molecule has 3 N–H and O–H groups in total. The van der Waals surface area contributed by atoms with Crippen LogP contribution in [0.15, 0.2) is 24.3 Å². The van der Waals surface area contributed by atoms with Crippen molar-refractivity contribution in [2.45, 2.75) is 44.9 Å². The SMILES string of the molecule is C=CCC(CCCNC(N)=O)C1=CCCCC1. The first-order valence-corrected chi connectivity index (χ1v) is 6.57. The van der Waals surface area contributed by atoms with E-state index in [1.807, 2.05) is 6.08 Å². The smallest absolute Gasteiger partial charge is 0.312 e. The standard InChI is InChI=1S/C14H24N2O/c1-2-7-12(10-6-11-16-14(15)17)13-8-4-3-5-9-13/h2,8,12H,1,3-7,9-11H2,(H3,15,16,17). The fraction of sp³-hybridized carbons (Fsp3) is 0.643. The molecule has 1 aliphatic rings. The Hall–Kier alpha value is -1.25. The van der Waals surface area contributed by atoms with Gasteiger partial charge in [0.25, 0.3) is 0 Å². The van der Waals surface area contributed by atoms with E-state index in [9.17, 15) is 4.79 Å². The van der Waals surface area contributed by atoms with Crippen LogP contribution in [0.1, 0.15) is 44.9 Å². The Morgan fingerprint density at radius 3 is 3.00 bits per heavy atom. The molecule has 0 saturated heterocycles. The maximum atomic E-state index is 10.6. The number of urea groups is 1. The highest BCUT2D eigenvalue weighted by molar-refractivity contribution is 5.71. The van der Waals surface area contributed by atoms with Crippen molar-refractivity contribution in [3.63, 3.8) is 0 Å². The lowest BCUT2D eigenvalue weighted by atomic mass is 9.84. The molecule has 3 heteroatoms. The van der Waals surface area contributed by atoms with E-state index in [-0.39, 0.29) is 0 Å². The molecule has 0 aromatic rings. The lowest BCUT2D eigenvalue weighted by molar-refractivity contribution is 0.248. The average molecular weight is 236 g/mol. The highest BCUT2D eigenvalue weighted by atomic mass is 16.2. The third-order valence-corrected chi connectivity index (χ3v) is 3.33. The second kappa shape index (κ2) is 7.93. The van der Waals surface area contributed by atoms with Gasteiger partial charge >= 0.3 is 6.03 Å². The number of nitrogens with one attached hydrogen (secondary N) is 1. The minimum Gasteiger partial charge on any atom is -0.352 e. The molecule has 0 bridgehead atoms. The van der Waals surface area contributed by atoms with Crippen LogP contribution in [-0.2, 0) is 0 Å². The number of nitrogens with two attached hydrogens (primary N) is 1. The number of allylic oxidation sites excluding steroid dienone is 3. The van der Waals surface area contributed by atoms with Crippen LogP contribution in [0.5, 0.6) is 0 Å². The molecule has 2 amide bonds. The van der Waals surface area contributed by atoms with E-state index in [1.165, 1.54) is 25.7 Å². The van der Waals surface area contributed by atoms with Crippen LogP contribution in [0.4, 0.5) is 4.79 Å². The Morgan fingerprint density at radius 1 is 1.59 bits per heavy atom. The molecule has 96 valence electrons. The summed E-state index contributed by atoms with van der Waals surface area (Å²) in [5, 5.41) is 2.64. The Morgan fingerprint density at radius 2 is 2.41 bits per heavy atom. The monoisotopic (exact) mass is 236 g/mol. The van der Waals surface area contributed by atoms with Gasteiger partial charge in [-0.05, 0) is 50.9 Å². The van der Waals surface area contributed by atoms with E-state index >= 15 is 0 Å². The molecule has 3 nitrogen and oxygen atoms in total. The quantitative estimate of drug-likeness (QED) is 0.518. The summed E-state index contributed by atoms with van der Waals surface area (Å²) < 4.78 is 0. The van der Waals surface area contributed by atoms with Gasteiger partial charge in [0, 0.05) is 6.54 Å². The third-order valence-electron chi connectivity index (χ3n) is 3.33. The molecule has 1 atom stereocenters. The summed E-state index contributed by atoms with van der Waals surface area (Å²) >= 11 is 0. The number of carbonyl (C=O) groups excluding carboxylic acids is 1. The Bertz CT molecular complexity index is 284. The highest BCUT2D eigenvalue weighted by Gasteiger charge is 2.14. The zero-order valence-electron chi connectivity index (χ0n) is 10.6. The topological polar surface area (TPSA) is 55.1 Å². The van der Waals surface area contributed by atoms with Crippen molar-refractivity contribution in [3.05, 3.63) is 24.3 Å². The van der Waals surface area contributed by atoms with Gasteiger partial charge in [0.2, 0.25) is 0 Å². The van der Waals surface area contributed by atoms with Crippen molar-refractivity contribution in [2.75, 3.05) is 6.54 Å². The summed E-state index contributed by atoms with van der Waals surface area (Å²) in [5.41, 5.74) is 6.63. The molecular formula is C14H24N2O. The maximum absolute atomic E-state index is 10.6. The van der Waals surface area contributed by atoms with Crippen molar-refractivity contribution >= 4 is 6.03 Å². The summed E-state index contributed by atoms with van der Waals surface area (Å²) in [6.07, 6.45) is 12.6. The Kier molecular flexibility index (Phi) is 6.45. The van der Waals surface area contributed by atoms with E-state index in [1.54, 1.807) is 5.57 Å². The van der Waals surface area contributed by atoms with E-state index < -0.39 is 6.03 Å². The molecule has 1 rings (SSSR count). The summed E-state index contributed by atoms with van der Waals surface area (Å²) in [5.74, 6) is 0.613. The van der Waals surface area contributed by atoms with Gasteiger partial charge in [0.15, 0.2) is 0 Å². The largest absolute Gasteiger partial charge is 0.352 e. The molecule has 0 radical (unpaired) electrons. The lowest BCUT2D eigenvalue weighted by Gasteiger charge is -2.22. The number of hydrogen-bond donors (Lipinski definition) is 2. The van der Waals surface area contributed by atoms with Crippen LogP contribution < -0.4 is 11.1 Å². The molecule has 1 unspecified atom stereocenters. The van der Waals surface area contributed by atoms with Crippen LogP contribution in [0.25, 0.3) is 0 Å². The number of carbonyl (C=O) groups is 1. The van der Waals surface area contributed by atoms with Crippen LogP contribution in [-0.4, -0.2) is 12.6 Å². The van der Waals surface area contributed by atoms with Gasteiger partial charge in [0.05, 0.1) is 0 Å². The van der Waals surface area contributed by atoms with Crippen LogP contribution in [0.2, 0.25) is 0 Å². The number of primary amides is 1. The molecule has 1 aliphatic carbocycles. The summed E-state index contributed by atoms with van der Waals surface area (Å²) in [4.78, 5) is 10.6. The molecule has 0 aliphatic heterocycles. The summed E-state index contributed by atoms with van der Waals surface area (Å²) in [6, 6.07) is -0.429. The van der Waals surface area contributed by atoms with Gasteiger partial charge in [0.1, 0.15) is 0 Å². The van der Waals surface area contributed by atoms with Gasteiger partial charge in [-0.1, -0.05) is 17.7 Å². The second-order valence-corrected chi connectivity index (χ2v) is 4.68. The van der Waals surface area contributed by atoms with Gasteiger partial charge in [-0.25, -0.2) is 4.79 Å². The van der Waals surface area contributed by atoms with Crippen molar-refractivity contribution in [2.24, 2.45) is 11.7 Å². The molecule has 0 aromatic carbocycles. The average Bonchev–Trinajstić information content (AvgIpc) is 2.34. The van der Waals surface area contributed by atoms with Crippen molar-refractivity contribution < 1.29 is 4.79 Å². The minimum absolute atomic E-state index is 0.429. The first-order chi connectivity index (χ1) is 8.24. The van der Waals surface area contributed by atoms with Crippen molar-refractivity contribution in [1.29, 1.82) is 0 Å². The van der Waals surface area contributed by atoms with Crippen LogP contribution in [0, 0.1) is 5.92 Å². The fourth-order valence-corrected chi connectivity index (χ4v) is 2.45. The first kappa shape index (κ1) is 13.8. The number of amides is 2. The summed E-state index contributed by atoms with van der Waals surface area (Å²) in [6.45, 7) is 4.51. The van der Waals surface area contributed by atoms with E-state index in [0.717, 1.165) is 19.3 Å². The van der Waals surface area contributed by atoms with E-state index in [0.29, 0.717) is 12.5 Å². The summed E-state index contributed by atoms with van der Waals surface area (Å²) in [7, 11) is 0. The van der Waals surface area contributed by atoms with E-state index in [4.69, 9.17) is 5.73 Å². The van der Waals surface area contributed by atoms with Crippen LogP contribution in [0.3, 0.4) is 0 Å². The minimum atomic E-state index is -0.429.